The van der Waals surface area contributed by atoms with Gasteiger partial charge >= 0.3 is 0 Å². The second kappa shape index (κ2) is 5.23. The Balaban J connectivity index is 2.44. The second-order valence-corrected chi connectivity index (χ2v) is 5.50. The van der Waals surface area contributed by atoms with Crippen LogP contribution >= 0.6 is 0 Å². The van der Waals surface area contributed by atoms with Crippen molar-refractivity contribution in [3.05, 3.63) is 22.5 Å². The van der Waals surface area contributed by atoms with Crippen LogP contribution in [-0.2, 0) is 18.3 Å². The zero-order valence-corrected chi connectivity index (χ0v) is 13.1. The predicted molar refractivity (Wildman–Crippen MR) is 79.7 cm³/mol. The van der Waals surface area contributed by atoms with E-state index in [0.717, 1.165) is 28.8 Å². The predicted octanol–water partition coefficient (Wildman–Crippen LogP) is 1.91. The average molecular weight is 274 g/mol. The number of hydrogen-bond donors (Lipinski definition) is 0. The Kier molecular flexibility index (Phi) is 3.79. The molecule has 2 aromatic rings. The third-order valence-electron chi connectivity index (χ3n) is 3.82. The Hall–Kier alpha value is -1.91. The molecule has 0 saturated heterocycles. The number of hydrogen-bond acceptors (Lipinski definition) is 3. The van der Waals surface area contributed by atoms with Crippen LogP contribution in [0.3, 0.4) is 0 Å². The summed E-state index contributed by atoms with van der Waals surface area (Å²) < 4.78 is 1.82. The van der Waals surface area contributed by atoms with Crippen LogP contribution in [0.2, 0.25) is 0 Å². The minimum Gasteiger partial charge on any atom is -0.349 e. The maximum Gasteiger partial charge on any atom is 0.222 e. The fraction of sp³-hybridized carbons (Fsp3) is 0.533. The van der Waals surface area contributed by atoms with Crippen molar-refractivity contribution in [2.45, 2.75) is 33.6 Å². The number of carbonyl (C=O) groups excluding carboxylic acids is 1. The summed E-state index contributed by atoms with van der Waals surface area (Å²) in [7, 11) is 5.49. The maximum atomic E-state index is 11.8. The normalized spacial score (nSPS) is 11.1. The zero-order chi connectivity index (χ0) is 15.0. The molecule has 5 nitrogen and oxygen atoms in total. The van der Waals surface area contributed by atoms with Crippen molar-refractivity contribution in [1.82, 2.24) is 19.7 Å². The van der Waals surface area contributed by atoms with Crippen LogP contribution in [0.25, 0.3) is 11.0 Å². The Morgan fingerprint density at radius 2 is 1.85 bits per heavy atom. The van der Waals surface area contributed by atoms with Crippen LogP contribution in [-0.4, -0.2) is 39.7 Å². The molecule has 0 saturated carbocycles. The molecule has 2 aromatic heterocycles. The van der Waals surface area contributed by atoms with Crippen molar-refractivity contribution in [3.63, 3.8) is 0 Å². The van der Waals surface area contributed by atoms with E-state index in [-0.39, 0.29) is 5.91 Å². The molecule has 0 bridgehead atoms. The number of pyridine rings is 1. The second-order valence-electron chi connectivity index (χ2n) is 5.50. The Morgan fingerprint density at radius 1 is 1.20 bits per heavy atom. The average Bonchev–Trinajstić information content (AvgIpc) is 2.63. The molecule has 0 atom stereocenters. The highest BCUT2D eigenvalue weighted by Gasteiger charge is 2.16. The molecule has 0 spiro atoms. The van der Waals surface area contributed by atoms with Crippen molar-refractivity contribution in [2.24, 2.45) is 7.05 Å². The number of aromatic nitrogens is 3. The highest BCUT2D eigenvalue weighted by Crippen LogP contribution is 2.25. The number of carbonyl (C=O) groups is 1. The summed E-state index contributed by atoms with van der Waals surface area (Å²) in [6.45, 7) is 6.10. The fourth-order valence-electron chi connectivity index (χ4n) is 2.69. The molecule has 0 N–H and O–H groups in total. The highest BCUT2D eigenvalue weighted by molar-refractivity contribution is 5.84. The van der Waals surface area contributed by atoms with Gasteiger partial charge in [-0.3, -0.25) is 9.48 Å². The number of rotatable bonds is 3. The van der Waals surface area contributed by atoms with Gasteiger partial charge in [0.05, 0.1) is 5.69 Å². The summed E-state index contributed by atoms with van der Waals surface area (Å²) in [5, 5.41) is 5.55. The first-order valence-electron chi connectivity index (χ1n) is 6.82. The van der Waals surface area contributed by atoms with Crippen LogP contribution < -0.4 is 0 Å². The van der Waals surface area contributed by atoms with E-state index in [1.807, 2.05) is 25.6 Å². The Labute approximate surface area is 119 Å². The molecule has 0 radical (unpaired) electrons. The standard InChI is InChI=1S/C15H22N4O/c1-9-12(7-8-13(20)18(4)5)10(2)16-15-14(9)11(3)17-19(15)6/h7-8H2,1-6H3. The lowest BCUT2D eigenvalue weighted by atomic mass is 9.99. The van der Waals surface area contributed by atoms with Gasteiger partial charge in [-0.25, -0.2) is 4.98 Å². The van der Waals surface area contributed by atoms with Crippen LogP contribution in [0.1, 0.15) is 28.9 Å². The van der Waals surface area contributed by atoms with Crippen molar-refractivity contribution in [2.75, 3.05) is 14.1 Å². The monoisotopic (exact) mass is 274 g/mol. The number of aryl methyl sites for hydroxylation is 4. The minimum atomic E-state index is 0.145. The van der Waals surface area contributed by atoms with Gasteiger partial charge in [0.15, 0.2) is 5.65 Å². The highest BCUT2D eigenvalue weighted by atomic mass is 16.2. The molecule has 1 amide bonds. The molecule has 2 heterocycles. The van der Waals surface area contributed by atoms with Crippen molar-refractivity contribution < 1.29 is 4.79 Å². The van der Waals surface area contributed by atoms with Gasteiger partial charge in [0.1, 0.15) is 0 Å². The van der Waals surface area contributed by atoms with E-state index >= 15 is 0 Å². The lowest BCUT2D eigenvalue weighted by Gasteiger charge is -2.13. The summed E-state index contributed by atoms with van der Waals surface area (Å²) >= 11 is 0. The van der Waals surface area contributed by atoms with Gasteiger partial charge in [0.25, 0.3) is 0 Å². The van der Waals surface area contributed by atoms with Crippen LogP contribution in [0.4, 0.5) is 0 Å². The number of nitrogens with zero attached hydrogens (tertiary/aromatic N) is 4. The lowest BCUT2D eigenvalue weighted by Crippen LogP contribution is -2.22. The first-order chi connectivity index (χ1) is 9.32. The van der Waals surface area contributed by atoms with Crippen LogP contribution in [0.5, 0.6) is 0 Å². The van der Waals surface area contributed by atoms with Crippen molar-refractivity contribution >= 4 is 16.9 Å². The minimum absolute atomic E-state index is 0.145. The fourth-order valence-corrected chi connectivity index (χ4v) is 2.69. The van der Waals surface area contributed by atoms with E-state index in [9.17, 15) is 4.79 Å². The smallest absolute Gasteiger partial charge is 0.222 e. The van der Waals surface area contributed by atoms with Crippen LogP contribution in [0.15, 0.2) is 0 Å². The molecule has 20 heavy (non-hydrogen) atoms. The Morgan fingerprint density at radius 3 is 2.45 bits per heavy atom. The molecular formula is C15H22N4O. The molecule has 0 aliphatic carbocycles. The van der Waals surface area contributed by atoms with Crippen LogP contribution in [0, 0.1) is 20.8 Å². The zero-order valence-electron chi connectivity index (χ0n) is 13.1. The molecule has 0 aliphatic heterocycles. The van der Waals surface area contributed by atoms with Gasteiger partial charge in [-0.2, -0.15) is 5.10 Å². The van der Waals surface area contributed by atoms with Gasteiger partial charge in [-0.1, -0.05) is 0 Å². The molecule has 2 rings (SSSR count). The topological polar surface area (TPSA) is 51.0 Å². The molecular weight excluding hydrogens is 252 g/mol. The summed E-state index contributed by atoms with van der Waals surface area (Å²) in [6, 6.07) is 0. The van der Waals surface area contributed by atoms with Gasteiger partial charge in [0, 0.05) is 38.6 Å². The lowest BCUT2D eigenvalue weighted by molar-refractivity contribution is -0.128. The number of fused-ring (bicyclic) bond motifs is 1. The van der Waals surface area contributed by atoms with Gasteiger partial charge < -0.3 is 4.90 Å². The van der Waals surface area contributed by atoms with E-state index in [0.29, 0.717) is 6.42 Å². The van der Waals surface area contributed by atoms with Gasteiger partial charge in [-0.05, 0) is 38.3 Å². The van der Waals surface area contributed by atoms with Crippen molar-refractivity contribution in [3.8, 4) is 0 Å². The first kappa shape index (κ1) is 14.5. The third-order valence-corrected chi connectivity index (χ3v) is 3.82. The quantitative estimate of drug-likeness (QED) is 0.859. The molecule has 0 aromatic carbocycles. The van der Waals surface area contributed by atoms with E-state index in [2.05, 4.69) is 17.0 Å². The summed E-state index contributed by atoms with van der Waals surface area (Å²) in [5.74, 6) is 0.145. The Bertz CT molecular complexity index is 670. The van der Waals surface area contributed by atoms with Crippen molar-refractivity contribution in [1.29, 1.82) is 0 Å². The number of amides is 1. The first-order valence-corrected chi connectivity index (χ1v) is 6.82. The van der Waals surface area contributed by atoms with E-state index < -0.39 is 0 Å². The van der Waals surface area contributed by atoms with Gasteiger partial charge in [-0.15, -0.1) is 0 Å². The summed E-state index contributed by atoms with van der Waals surface area (Å²) in [6.07, 6.45) is 1.24. The molecule has 0 unspecified atom stereocenters. The largest absolute Gasteiger partial charge is 0.349 e. The van der Waals surface area contributed by atoms with E-state index in [4.69, 9.17) is 0 Å². The molecule has 0 aliphatic rings. The molecule has 0 fully saturated rings. The van der Waals surface area contributed by atoms with E-state index in [1.165, 1.54) is 11.1 Å². The van der Waals surface area contributed by atoms with E-state index in [1.54, 1.807) is 19.0 Å². The summed E-state index contributed by atoms with van der Waals surface area (Å²) in [4.78, 5) is 18.0. The molecule has 5 heteroatoms. The third kappa shape index (κ3) is 2.40. The SMILES string of the molecule is Cc1nc2c(c(C)nn2C)c(C)c1CCC(=O)N(C)C. The van der Waals surface area contributed by atoms with Gasteiger partial charge in [0.2, 0.25) is 5.91 Å². The maximum absolute atomic E-state index is 11.8. The molecule has 108 valence electrons. The summed E-state index contributed by atoms with van der Waals surface area (Å²) in [5.41, 5.74) is 5.27.